The van der Waals surface area contributed by atoms with Crippen LogP contribution in [-0.4, -0.2) is 34.5 Å². The summed E-state index contributed by atoms with van der Waals surface area (Å²) in [7, 11) is 0. The molecular weight excluding hydrogens is 447 g/mol. The molecule has 35 heavy (non-hydrogen) atoms. The summed E-state index contributed by atoms with van der Waals surface area (Å²) in [6.07, 6.45) is -0.489. The largest absolute Gasteiger partial charge is 0.444 e. The molecule has 2 amide bonds. The second kappa shape index (κ2) is 9.66. The van der Waals surface area contributed by atoms with Crippen molar-refractivity contribution >= 4 is 23.4 Å². The van der Waals surface area contributed by atoms with E-state index in [0.29, 0.717) is 16.9 Å². The Morgan fingerprint density at radius 2 is 1.77 bits per heavy atom. The number of benzodiazepines with no additional fused rings is 1. The number of hydrogen-bond donors (Lipinski definition) is 1. The van der Waals surface area contributed by atoms with Crippen molar-refractivity contribution in [2.45, 2.75) is 46.0 Å². The molecule has 4 rings (SSSR count). The van der Waals surface area contributed by atoms with Crippen molar-refractivity contribution in [2.75, 3.05) is 4.90 Å². The second-order valence-electron chi connectivity index (χ2n) is 9.22. The van der Waals surface area contributed by atoms with Crippen LogP contribution < -0.4 is 10.2 Å². The Balaban J connectivity index is 1.88. The average molecular weight is 475 g/mol. The molecule has 1 aromatic heterocycles. The number of benzene rings is 2. The number of para-hydroxylation sites is 1. The summed E-state index contributed by atoms with van der Waals surface area (Å²) in [6, 6.07) is 17.2. The van der Waals surface area contributed by atoms with Crippen molar-refractivity contribution < 1.29 is 18.7 Å². The molecule has 1 unspecified atom stereocenters. The van der Waals surface area contributed by atoms with Gasteiger partial charge in [-0.05, 0) is 57.5 Å². The SMILES string of the molecule is Cc1cccc2c1N(Cc1ccccn1)C(=O)C(NC(=O)OC(C)(C)C)N=C2c1ccccc1F. The van der Waals surface area contributed by atoms with Crippen LogP contribution in [0.5, 0.6) is 0 Å². The van der Waals surface area contributed by atoms with Gasteiger partial charge in [-0.1, -0.05) is 36.4 Å². The molecule has 0 saturated heterocycles. The summed E-state index contributed by atoms with van der Waals surface area (Å²) in [5.41, 5.74) is 2.33. The molecule has 7 nitrogen and oxygen atoms in total. The second-order valence-corrected chi connectivity index (χ2v) is 9.22. The molecule has 0 bridgehead atoms. The molecule has 3 aromatic rings. The quantitative estimate of drug-likeness (QED) is 0.591. The van der Waals surface area contributed by atoms with E-state index >= 15 is 0 Å². The van der Waals surface area contributed by atoms with E-state index in [1.54, 1.807) is 57.3 Å². The van der Waals surface area contributed by atoms with Crippen molar-refractivity contribution in [3.63, 3.8) is 0 Å². The molecular formula is C27H27FN4O3. The van der Waals surface area contributed by atoms with E-state index in [1.807, 2.05) is 31.2 Å². The Morgan fingerprint density at radius 1 is 1.06 bits per heavy atom. The summed E-state index contributed by atoms with van der Waals surface area (Å²) in [6.45, 7) is 7.19. The number of carbonyl (C=O) groups is 2. The van der Waals surface area contributed by atoms with Crippen LogP contribution >= 0.6 is 0 Å². The predicted molar refractivity (Wildman–Crippen MR) is 132 cm³/mol. The third-order valence-electron chi connectivity index (χ3n) is 5.35. The van der Waals surface area contributed by atoms with Gasteiger partial charge < -0.3 is 9.64 Å². The van der Waals surface area contributed by atoms with Gasteiger partial charge in [-0.25, -0.2) is 14.2 Å². The van der Waals surface area contributed by atoms with E-state index in [9.17, 15) is 14.0 Å². The average Bonchev–Trinajstić information content (AvgIpc) is 2.90. The maximum Gasteiger partial charge on any atom is 0.409 e. The van der Waals surface area contributed by atoms with Crippen LogP contribution in [0.3, 0.4) is 0 Å². The fraction of sp³-hybridized carbons (Fsp3) is 0.259. The van der Waals surface area contributed by atoms with Crippen molar-refractivity contribution in [2.24, 2.45) is 4.99 Å². The Bertz CT molecular complexity index is 1290. The van der Waals surface area contributed by atoms with Crippen LogP contribution in [0, 0.1) is 12.7 Å². The molecule has 8 heteroatoms. The van der Waals surface area contributed by atoms with Gasteiger partial charge in [0, 0.05) is 17.3 Å². The van der Waals surface area contributed by atoms with E-state index in [1.165, 1.54) is 11.0 Å². The molecule has 2 heterocycles. The zero-order chi connectivity index (χ0) is 25.2. The number of carbonyl (C=O) groups excluding carboxylic acids is 2. The number of nitrogens with one attached hydrogen (secondary N) is 1. The highest BCUT2D eigenvalue weighted by atomic mass is 19.1. The molecule has 1 aliphatic rings. The molecule has 2 aromatic carbocycles. The summed E-state index contributed by atoms with van der Waals surface area (Å²) in [4.78, 5) is 37.0. The number of rotatable bonds is 4. The first-order chi connectivity index (χ1) is 16.6. The summed E-state index contributed by atoms with van der Waals surface area (Å²) < 4.78 is 20.3. The smallest absolute Gasteiger partial charge is 0.409 e. The topological polar surface area (TPSA) is 83.9 Å². The van der Waals surface area contributed by atoms with Crippen molar-refractivity contribution in [3.8, 4) is 0 Å². The van der Waals surface area contributed by atoms with Crippen LogP contribution in [-0.2, 0) is 16.1 Å². The fourth-order valence-electron chi connectivity index (χ4n) is 3.91. The Kier molecular flexibility index (Phi) is 6.64. The lowest BCUT2D eigenvalue weighted by atomic mass is 9.97. The first kappa shape index (κ1) is 24.1. The van der Waals surface area contributed by atoms with E-state index in [4.69, 9.17) is 4.74 Å². The summed E-state index contributed by atoms with van der Waals surface area (Å²) >= 11 is 0. The number of alkyl carbamates (subject to hydrolysis) is 1. The van der Waals surface area contributed by atoms with Gasteiger partial charge in [0.05, 0.1) is 23.6 Å². The monoisotopic (exact) mass is 474 g/mol. The predicted octanol–water partition coefficient (Wildman–Crippen LogP) is 4.76. The number of amides is 2. The maximum absolute atomic E-state index is 15.0. The molecule has 180 valence electrons. The van der Waals surface area contributed by atoms with Crippen LogP contribution in [0.25, 0.3) is 0 Å². The number of nitrogens with zero attached hydrogens (tertiary/aromatic N) is 3. The zero-order valence-electron chi connectivity index (χ0n) is 20.1. The number of aryl methyl sites for hydroxylation is 1. The van der Waals surface area contributed by atoms with Gasteiger partial charge in [-0.15, -0.1) is 0 Å². The van der Waals surface area contributed by atoms with E-state index < -0.39 is 29.6 Å². The third-order valence-corrected chi connectivity index (χ3v) is 5.35. The van der Waals surface area contributed by atoms with Gasteiger partial charge in [0.1, 0.15) is 11.4 Å². The number of ether oxygens (including phenoxy) is 1. The highest BCUT2D eigenvalue weighted by Crippen LogP contribution is 2.33. The van der Waals surface area contributed by atoms with Gasteiger partial charge >= 0.3 is 6.09 Å². The normalized spacial score (nSPS) is 15.7. The highest BCUT2D eigenvalue weighted by molar-refractivity contribution is 6.20. The molecule has 0 spiro atoms. The molecule has 1 atom stereocenters. The van der Waals surface area contributed by atoms with Gasteiger partial charge in [0.25, 0.3) is 5.91 Å². The lowest BCUT2D eigenvalue weighted by molar-refractivity contribution is -0.120. The minimum atomic E-state index is -1.34. The van der Waals surface area contributed by atoms with Gasteiger partial charge in [-0.2, -0.15) is 0 Å². The first-order valence-corrected chi connectivity index (χ1v) is 11.3. The van der Waals surface area contributed by atoms with E-state index in [0.717, 1.165) is 5.56 Å². The zero-order valence-corrected chi connectivity index (χ0v) is 20.1. The molecule has 0 radical (unpaired) electrons. The van der Waals surface area contributed by atoms with Gasteiger partial charge in [0.2, 0.25) is 6.17 Å². The van der Waals surface area contributed by atoms with Crippen molar-refractivity contribution in [3.05, 3.63) is 95.1 Å². The number of fused-ring (bicyclic) bond motifs is 1. The third kappa shape index (κ3) is 5.37. The molecule has 0 saturated carbocycles. The summed E-state index contributed by atoms with van der Waals surface area (Å²) in [5, 5.41) is 2.57. The number of halogens is 1. The number of anilines is 1. The number of aliphatic imine (C=N–C) groups is 1. The molecule has 0 aliphatic carbocycles. The van der Waals surface area contributed by atoms with Crippen LogP contribution in [0.15, 0.2) is 71.9 Å². The highest BCUT2D eigenvalue weighted by Gasteiger charge is 2.35. The molecule has 1 aliphatic heterocycles. The number of pyridine rings is 1. The minimum Gasteiger partial charge on any atom is -0.444 e. The van der Waals surface area contributed by atoms with Crippen molar-refractivity contribution in [1.29, 1.82) is 0 Å². The van der Waals surface area contributed by atoms with Gasteiger partial charge in [0.15, 0.2) is 0 Å². The van der Waals surface area contributed by atoms with Gasteiger partial charge in [-0.3, -0.25) is 15.1 Å². The number of aromatic nitrogens is 1. The van der Waals surface area contributed by atoms with E-state index in [-0.39, 0.29) is 17.8 Å². The lowest BCUT2D eigenvalue weighted by Gasteiger charge is -2.27. The molecule has 0 fully saturated rings. The summed E-state index contributed by atoms with van der Waals surface area (Å²) in [5.74, 6) is -0.969. The Hall–Kier alpha value is -4.07. The Labute approximate surface area is 203 Å². The van der Waals surface area contributed by atoms with Crippen LogP contribution in [0.2, 0.25) is 0 Å². The fourth-order valence-corrected chi connectivity index (χ4v) is 3.91. The van der Waals surface area contributed by atoms with Crippen LogP contribution in [0.4, 0.5) is 14.9 Å². The molecule has 1 N–H and O–H groups in total. The Morgan fingerprint density at radius 3 is 2.46 bits per heavy atom. The number of hydrogen-bond acceptors (Lipinski definition) is 5. The lowest BCUT2D eigenvalue weighted by Crippen LogP contribution is -2.48. The van der Waals surface area contributed by atoms with E-state index in [2.05, 4.69) is 15.3 Å². The maximum atomic E-state index is 15.0. The standard InChI is InChI=1S/C27H27FN4O3/c1-17-10-9-13-20-22(19-12-5-6-14-21(19)28)30-24(31-26(34)35-27(2,3)4)25(33)32(23(17)20)16-18-11-7-8-15-29-18/h5-15,24H,16H2,1-4H3,(H,31,34). The first-order valence-electron chi connectivity index (χ1n) is 11.3. The van der Waals surface area contributed by atoms with Crippen LogP contribution in [0.1, 0.15) is 43.2 Å². The van der Waals surface area contributed by atoms with Crippen molar-refractivity contribution in [1.82, 2.24) is 10.3 Å². The minimum absolute atomic E-state index is 0.143.